The zero-order valence-electron chi connectivity index (χ0n) is 13.7. The Morgan fingerprint density at radius 3 is 2.33 bits per heavy atom. The fourth-order valence-electron chi connectivity index (χ4n) is 1.78. The Balaban J connectivity index is 0.00000529. The van der Waals surface area contributed by atoms with Crippen LogP contribution in [-0.2, 0) is 19.6 Å². The molecule has 0 saturated heterocycles. The molecule has 8 nitrogen and oxygen atoms in total. The topological polar surface area (TPSA) is 144 Å². The van der Waals surface area contributed by atoms with Gasteiger partial charge in [-0.2, -0.15) is 0 Å². The number of carbonyl (C=O) groups excluding carboxylic acids is 2. The van der Waals surface area contributed by atoms with E-state index in [1.807, 2.05) is 0 Å². The molecule has 1 aromatic carbocycles. The summed E-state index contributed by atoms with van der Waals surface area (Å²) in [6.07, 6.45) is 0. The van der Waals surface area contributed by atoms with Crippen molar-refractivity contribution in [2.75, 3.05) is 11.9 Å². The number of hydrogen-bond donors (Lipinski definition) is 4. The number of hydrogen-bond acceptors (Lipinski definition) is 5. The molecule has 2 amide bonds. The van der Waals surface area contributed by atoms with Crippen LogP contribution in [0.1, 0.15) is 19.4 Å². The van der Waals surface area contributed by atoms with Crippen LogP contribution in [-0.4, -0.2) is 32.8 Å². The normalized spacial score (nSPS) is 12.2. The Labute approximate surface area is 147 Å². The molecule has 0 saturated carbocycles. The fourth-order valence-corrected chi connectivity index (χ4v) is 2.59. The Bertz CT molecular complexity index is 707. The van der Waals surface area contributed by atoms with Gasteiger partial charge < -0.3 is 16.4 Å². The van der Waals surface area contributed by atoms with Gasteiger partial charge in [-0.05, 0) is 30.5 Å². The molecule has 10 heteroatoms. The predicted molar refractivity (Wildman–Crippen MR) is 94.3 cm³/mol. The Morgan fingerprint density at radius 2 is 1.83 bits per heavy atom. The number of halogens is 1. The lowest BCUT2D eigenvalue weighted by molar-refractivity contribution is -0.125. The third-order valence-corrected chi connectivity index (χ3v) is 4.28. The van der Waals surface area contributed by atoms with Crippen LogP contribution in [0.5, 0.6) is 0 Å². The van der Waals surface area contributed by atoms with Crippen LogP contribution in [0.3, 0.4) is 0 Å². The monoisotopic (exact) mass is 378 g/mol. The SMILES string of the molecule is Cc1ccc(NC(=O)CNC(=O)[C@@H](N)C(C)C)cc1S(N)(=O)=O.Cl. The molecule has 1 rings (SSSR count). The van der Waals surface area contributed by atoms with E-state index in [0.717, 1.165) is 0 Å². The summed E-state index contributed by atoms with van der Waals surface area (Å²) in [5.74, 6) is -0.977. The highest BCUT2D eigenvalue weighted by Crippen LogP contribution is 2.18. The number of primary sulfonamides is 1. The lowest BCUT2D eigenvalue weighted by Gasteiger charge is -2.15. The van der Waals surface area contributed by atoms with Crippen molar-refractivity contribution in [2.24, 2.45) is 16.8 Å². The number of amides is 2. The largest absolute Gasteiger partial charge is 0.346 e. The van der Waals surface area contributed by atoms with Gasteiger partial charge in [-0.1, -0.05) is 19.9 Å². The van der Waals surface area contributed by atoms with Crippen molar-refractivity contribution in [3.63, 3.8) is 0 Å². The van der Waals surface area contributed by atoms with E-state index >= 15 is 0 Å². The number of carbonyl (C=O) groups is 2. The van der Waals surface area contributed by atoms with E-state index in [-0.39, 0.29) is 35.5 Å². The third-order valence-electron chi connectivity index (χ3n) is 3.22. The van der Waals surface area contributed by atoms with Gasteiger partial charge in [0.05, 0.1) is 17.5 Å². The zero-order chi connectivity index (χ0) is 17.8. The maximum absolute atomic E-state index is 11.8. The molecule has 1 atom stereocenters. The van der Waals surface area contributed by atoms with Gasteiger partial charge in [0.25, 0.3) is 0 Å². The van der Waals surface area contributed by atoms with Gasteiger partial charge in [-0.3, -0.25) is 9.59 Å². The summed E-state index contributed by atoms with van der Waals surface area (Å²) in [5, 5.41) is 10.0. The van der Waals surface area contributed by atoms with Crippen molar-refractivity contribution in [1.82, 2.24) is 5.32 Å². The summed E-state index contributed by atoms with van der Waals surface area (Å²) >= 11 is 0. The van der Waals surface area contributed by atoms with Crippen molar-refractivity contribution in [2.45, 2.75) is 31.7 Å². The van der Waals surface area contributed by atoms with Crippen LogP contribution in [0.2, 0.25) is 0 Å². The molecular weight excluding hydrogens is 356 g/mol. The van der Waals surface area contributed by atoms with Gasteiger partial charge in [-0.25, -0.2) is 13.6 Å². The molecule has 0 aromatic heterocycles. The van der Waals surface area contributed by atoms with Crippen LogP contribution >= 0.6 is 12.4 Å². The highest BCUT2D eigenvalue weighted by molar-refractivity contribution is 7.89. The molecule has 0 radical (unpaired) electrons. The van der Waals surface area contributed by atoms with Crippen LogP contribution in [0.15, 0.2) is 23.1 Å². The quantitative estimate of drug-likeness (QED) is 0.554. The number of nitrogens with one attached hydrogen (secondary N) is 2. The maximum Gasteiger partial charge on any atom is 0.243 e. The van der Waals surface area contributed by atoms with E-state index < -0.39 is 27.9 Å². The van der Waals surface area contributed by atoms with Crippen LogP contribution in [0.4, 0.5) is 5.69 Å². The summed E-state index contributed by atoms with van der Waals surface area (Å²) in [4.78, 5) is 23.4. The molecular formula is C14H23ClN4O4S. The van der Waals surface area contributed by atoms with Gasteiger partial charge in [0.2, 0.25) is 21.8 Å². The first-order valence-electron chi connectivity index (χ1n) is 6.99. The molecule has 0 bridgehead atoms. The molecule has 24 heavy (non-hydrogen) atoms. The van der Waals surface area contributed by atoms with Crippen LogP contribution in [0.25, 0.3) is 0 Å². The average Bonchev–Trinajstić information content (AvgIpc) is 2.44. The minimum Gasteiger partial charge on any atom is -0.346 e. The van der Waals surface area contributed by atoms with Crippen molar-refractivity contribution >= 4 is 39.9 Å². The Hall–Kier alpha value is -1.68. The van der Waals surface area contributed by atoms with Gasteiger partial charge in [0.15, 0.2) is 0 Å². The molecule has 0 aliphatic carbocycles. The third kappa shape index (κ3) is 6.44. The molecule has 0 unspecified atom stereocenters. The van der Waals surface area contributed by atoms with Crippen molar-refractivity contribution < 1.29 is 18.0 Å². The molecule has 0 spiro atoms. The number of sulfonamides is 1. The summed E-state index contributed by atoms with van der Waals surface area (Å²) in [5.41, 5.74) is 6.40. The van der Waals surface area contributed by atoms with Gasteiger partial charge in [-0.15, -0.1) is 12.4 Å². The van der Waals surface area contributed by atoms with E-state index in [0.29, 0.717) is 5.56 Å². The molecule has 0 aliphatic heterocycles. The van der Waals surface area contributed by atoms with Gasteiger partial charge in [0.1, 0.15) is 0 Å². The Kier molecular flexibility index (Phi) is 8.35. The molecule has 6 N–H and O–H groups in total. The van der Waals surface area contributed by atoms with Crippen LogP contribution < -0.4 is 21.5 Å². The van der Waals surface area contributed by atoms with Crippen molar-refractivity contribution in [3.05, 3.63) is 23.8 Å². The molecule has 0 heterocycles. The maximum atomic E-state index is 11.8. The van der Waals surface area contributed by atoms with Crippen LogP contribution in [0, 0.1) is 12.8 Å². The molecule has 1 aromatic rings. The van der Waals surface area contributed by atoms with E-state index in [1.165, 1.54) is 12.1 Å². The van der Waals surface area contributed by atoms with Gasteiger partial charge in [0, 0.05) is 5.69 Å². The average molecular weight is 379 g/mol. The van der Waals surface area contributed by atoms with Crippen molar-refractivity contribution in [3.8, 4) is 0 Å². The van der Waals surface area contributed by atoms with E-state index in [4.69, 9.17) is 10.9 Å². The number of benzene rings is 1. The molecule has 136 valence electrons. The zero-order valence-corrected chi connectivity index (χ0v) is 15.3. The smallest absolute Gasteiger partial charge is 0.243 e. The van der Waals surface area contributed by atoms with E-state index in [2.05, 4.69) is 10.6 Å². The minimum absolute atomic E-state index is 0. The number of anilines is 1. The number of nitrogens with two attached hydrogens (primary N) is 2. The number of aryl methyl sites for hydroxylation is 1. The molecule has 0 aliphatic rings. The number of rotatable bonds is 6. The lowest BCUT2D eigenvalue weighted by Crippen LogP contribution is -2.46. The lowest BCUT2D eigenvalue weighted by atomic mass is 10.1. The van der Waals surface area contributed by atoms with E-state index in [9.17, 15) is 18.0 Å². The van der Waals surface area contributed by atoms with Gasteiger partial charge >= 0.3 is 0 Å². The second kappa shape index (κ2) is 8.97. The van der Waals surface area contributed by atoms with Crippen molar-refractivity contribution in [1.29, 1.82) is 0 Å². The Morgan fingerprint density at radius 1 is 1.25 bits per heavy atom. The minimum atomic E-state index is -3.88. The predicted octanol–water partition coefficient (Wildman–Crippen LogP) is 0.102. The van der Waals surface area contributed by atoms with E-state index in [1.54, 1.807) is 26.8 Å². The summed E-state index contributed by atoms with van der Waals surface area (Å²) in [7, 11) is -3.88. The first kappa shape index (κ1) is 22.3. The highest BCUT2D eigenvalue weighted by atomic mass is 35.5. The molecule has 0 fully saturated rings. The highest BCUT2D eigenvalue weighted by Gasteiger charge is 2.18. The second-order valence-electron chi connectivity index (χ2n) is 5.56. The summed E-state index contributed by atoms with van der Waals surface area (Å²) in [6, 6.07) is 3.65. The first-order chi connectivity index (χ1) is 10.5. The fraction of sp³-hybridized carbons (Fsp3) is 0.429. The summed E-state index contributed by atoms with van der Waals surface area (Å²) < 4.78 is 22.9. The second-order valence-corrected chi connectivity index (χ2v) is 7.09. The summed E-state index contributed by atoms with van der Waals surface area (Å²) in [6.45, 7) is 4.92. The standard InChI is InChI=1S/C14H22N4O4S.ClH/c1-8(2)13(15)14(20)17-7-12(19)18-10-5-4-9(3)11(6-10)23(16,21)22;/h4-6,8,13H,7,15H2,1-3H3,(H,17,20)(H,18,19)(H2,16,21,22);1H/t13-;/m0./s1. The first-order valence-corrected chi connectivity index (χ1v) is 8.53.